The summed E-state index contributed by atoms with van der Waals surface area (Å²) >= 11 is 0. The second-order valence-electron chi connectivity index (χ2n) is 6.21. The first-order valence-corrected chi connectivity index (χ1v) is 10.2. The number of phenols is 1. The number of carboxylic acids is 1. The van der Waals surface area contributed by atoms with Crippen molar-refractivity contribution in [1.82, 2.24) is 0 Å². The highest BCUT2D eigenvalue weighted by atomic mass is 32.2. The van der Waals surface area contributed by atoms with Crippen LogP contribution in [0.2, 0.25) is 0 Å². The molecule has 0 aromatic heterocycles. The SMILES string of the molecule is COc1cccc(-c2cccc(S(=O)(=O)Nc3ccc(C(=O)O)c(O)c3)c2)c1OC. The minimum Gasteiger partial charge on any atom is -0.507 e. The first-order valence-electron chi connectivity index (χ1n) is 8.67. The fourth-order valence-electron chi connectivity index (χ4n) is 2.94. The lowest BCUT2D eigenvalue weighted by Gasteiger charge is -2.14. The van der Waals surface area contributed by atoms with Crippen LogP contribution in [0, 0.1) is 0 Å². The molecule has 30 heavy (non-hydrogen) atoms. The zero-order valence-corrected chi connectivity index (χ0v) is 16.9. The quantitative estimate of drug-likeness (QED) is 0.525. The van der Waals surface area contributed by atoms with Gasteiger partial charge < -0.3 is 19.7 Å². The van der Waals surface area contributed by atoms with Crippen LogP contribution in [0.1, 0.15) is 10.4 Å². The van der Waals surface area contributed by atoms with Gasteiger partial charge in [0.05, 0.1) is 24.8 Å². The Kier molecular flexibility index (Phi) is 5.84. The number of carboxylic acid groups (broad SMARTS) is 1. The van der Waals surface area contributed by atoms with Crippen molar-refractivity contribution in [2.24, 2.45) is 0 Å². The van der Waals surface area contributed by atoms with Crippen molar-refractivity contribution in [2.75, 3.05) is 18.9 Å². The number of ether oxygens (including phenoxy) is 2. The van der Waals surface area contributed by atoms with Gasteiger partial charge in [-0.25, -0.2) is 13.2 Å². The molecule has 0 spiro atoms. The molecule has 3 aromatic carbocycles. The minimum absolute atomic E-state index is 0.0216. The molecule has 3 rings (SSSR count). The highest BCUT2D eigenvalue weighted by Gasteiger charge is 2.19. The normalized spacial score (nSPS) is 11.0. The molecular formula is C21H19NO7S. The van der Waals surface area contributed by atoms with Gasteiger partial charge in [-0.05, 0) is 35.9 Å². The van der Waals surface area contributed by atoms with Crippen molar-refractivity contribution >= 4 is 21.7 Å². The van der Waals surface area contributed by atoms with E-state index in [-0.39, 0.29) is 16.1 Å². The molecule has 0 saturated carbocycles. The maximum Gasteiger partial charge on any atom is 0.339 e. The number of aromatic hydroxyl groups is 1. The molecule has 0 fully saturated rings. The average molecular weight is 429 g/mol. The largest absolute Gasteiger partial charge is 0.507 e. The highest BCUT2D eigenvalue weighted by Crippen LogP contribution is 2.38. The molecule has 0 saturated heterocycles. The lowest BCUT2D eigenvalue weighted by Crippen LogP contribution is -2.13. The van der Waals surface area contributed by atoms with Gasteiger partial charge in [0.15, 0.2) is 11.5 Å². The fourth-order valence-corrected chi connectivity index (χ4v) is 4.03. The third kappa shape index (κ3) is 4.15. The molecule has 0 amide bonds. The first kappa shape index (κ1) is 21.0. The molecule has 0 aliphatic rings. The number of benzene rings is 3. The van der Waals surface area contributed by atoms with Gasteiger partial charge in [-0.2, -0.15) is 0 Å². The number of para-hydroxylation sites is 1. The fraction of sp³-hybridized carbons (Fsp3) is 0.0952. The third-order valence-electron chi connectivity index (χ3n) is 4.34. The summed E-state index contributed by atoms with van der Waals surface area (Å²) < 4.78 is 38.7. The van der Waals surface area contributed by atoms with Gasteiger partial charge in [0.25, 0.3) is 10.0 Å². The Hall–Kier alpha value is -3.72. The molecule has 0 unspecified atom stereocenters. The van der Waals surface area contributed by atoms with Gasteiger partial charge >= 0.3 is 5.97 Å². The Balaban J connectivity index is 1.98. The summed E-state index contributed by atoms with van der Waals surface area (Å²) in [5, 5.41) is 18.8. The van der Waals surface area contributed by atoms with E-state index in [0.29, 0.717) is 22.6 Å². The van der Waals surface area contributed by atoms with Crippen LogP contribution >= 0.6 is 0 Å². The molecule has 8 nitrogen and oxygen atoms in total. The summed E-state index contributed by atoms with van der Waals surface area (Å²) in [4.78, 5) is 11.0. The molecule has 0 aliphatic heterocycles. The second-order valence-corrected chi connectivity index (χ2v) is 7.89. The third-order valence-corrected chi connectivity index (χ3v) is 5.72. The molecular weight excluding hydrogens is 410 g/mol. The van der Waals surface area contributed by atoms with Crippen molar-refractivity contribution in [2.45, 2.75) is 4.90 Å². The monoisotopic (exact) mass is 429 g/mol. The number of hydrogen-bond acceptors (Lipinski definition) is 6. The van der Waals surface area contributed by atoms with Crippen LogP contribution in [0.15, 0.2) is 65.6 Å². The van der Waals surface area contributed by atoms with Crippen LogP contribution in [-0.2, 0) is 10.0 Å². The summed E-state index contributed by atoms with van der Waals surface area (Å²) in [6.45, 7) is 0. The second kappa shape index (κ2) is 8.34. The van der Waals surface area contributed by atoms with E-state index < -0.39 is 21.7 Å². The number of carbonyl (C=O) groups is 1. The predicted molar refractivity (Wildman–Crippen MR) is 111 cm³/mol. The molecule has 0 radical (unpaired) electrons. The van der Waals surface area contributed by atoms with E-state index >= 15 is 0 Å². The van der Waals surface area contributed by atoms with Gasteiger partial charge in [-0.3, -0.25) is 4.72 Å². The molecule has 0 atom stereocenters. The number of sulfonamides is 1. The highest BCUT2D eigenvalue weighted by molar-refractivity contribution is 7.92. The molecule has 0 bridgehead atoms. The van der Waals surface area contributed by atoms with Crippen LogP contribution in [0.25, 0.3) is 11.1 Å². The van der Waals surface area contributed by atoms with Gasteiger partial charge in [0, 0.05) is 11.6 Å². The van der Waals surface area contributed by atoms with Crippen molar-refractivity contribution in [3.63, 3.8) is 0 Å². The molecule has 0 heterocycles. The van der Waals surface area contributed by atoms with Crippen LogP contribution in [0.5, 0.6) is 17.2 Å². The lowest BCUT2D eigenvalue weighted by atomic mass is 10.0. The van der Waals surface area contributed by atoms with E-state index in [1.807, 2.05) is 0 Å². The van der Waals surface area contributed by atoms with Crippen LogP contribution < -0.4 is 14.2 Å². The zero-order valence-electron chi connectivity index (χ0n) is 16.1. The van der Waals surface area contributed by atoms with E-state index in [0.717, 1.165) is 12.1 Å². The summed E-state index contributed by atoms with van der Waals surface area (Å²) in [7, 11) is -1.00. The summed E-state index contributed by atoms with van der Waals surface area (Å²) in [5.74, 6) is -0.883. The van der Waals surface area contributed by atoms with Gasteiger partial charge in [0.2, 0.25) is 0 Å². The van der Waals surface area contributed by atoms with Gasteiger partial charge in [-0.1, -0.05) is 24.3 Å². The first-order chi connectivity index (χ1) is 14.3. The van der Waals surface area contributed by atoms with Crippen LogP contribution in [0.4, 0.5) is 5.69 Å². The molecule has 156 valence electrons. The maximum absolute atomic E-state index is 12.8. The van der Waals surface area contributed by atoms with E-state index in [2.05, 4.69) is 4.72 Å². The standard InChI is InChI=1S/C21H19NO7S/c1-28-19-8-4-7-16(20(19)29-2)13-5-3-6-15(11-13)30(26,27)22-14-9-10-17(21(24)25)18(23)12-14/h3-12,22-23H,1-2H3,(H,24,25). The van der Waals surface area contributed by atoms with Gasteiger partial charge in [0.1, 0.15) is 11.3 Å². The topological polar surface area (TPSA) is 122 Å². The van der Waals surface area contributed by atoms with Crippen molar-refractivity contribution < 1.29 is 32.9 Å². The Morgan fingerprint density at radius 3 is 2.33 bits per heavy atom. The minimum atomic E-state index is -4.01. The van der Waals surface area contributed by atoms with E-state index in [1.165, 1.54) is 32.4 Å². The van der Waals surface area contributed by atoms with Crippen molar-refractivity contribution in [3.05, 3.63) is 66.2 Å². The number of rotatable bonds is 7. The molecule has 3 N–H and O–H groups in total. The molecule has 9 heteroatoms. The summed E-state index contributed by atoms with van der Waals surface area (Å²) in [6, 6.07) is 14.9. The molecule has 0 aliphatic carbocycles. The Labute approximate surface area is 173 Å². The summed E-state index contributed by atoms with van der Waals surface area (Å²) in [6.07, 6.45) is 0. The van der Waals surface area contributed by atoms with Crippen molar-refractivity contribution in [3.8, 4) is 28.4 Å². The average Bonchev–Trinajstić information content (AvgIpc) is 2.72. The Morgan fingerprint density at radius 2 is 1.70 bits per heavy atom. The number of nitrogens with one attached hydrogen (secondary N) is 1. The predicted octanol–water partition coefficient (Wildman–Crippen LogP) is 3.58. The van der Waals surface area contributed by atoms with Crippen molar-refractivity contribution in [1.29, 1.82) is 0 Å². The molecule has 3 aromatic rings. The Bertz CT molecular complexity index is 1210. The van der Waals surface area contributed by atoms with E-state index in [9.17, 15) is 18.3 Å². The van der Waals surface area contributed by atoms with Gasteiger partial charge in [-0.15, -0.1) is 0 Å². The van der Waals surface area contributed by atoms with E-state index in [1.54, 1.807) is 30.3 Å². The maximum atomic E-state index is 12.8. The number of anilines is 1. The number of aromatic carboxylic acids is 1. The lowest BCUT2D eigenvalue weighted by molar-refractivity contribution is 0.0693. The zero-order chi connectivity index (χ0) is 21.9. The smallest absolute Gasteiger partial charge is 0.339 e. The van der Waals surface area contributed by atoms with Crippen LogP contribution in [0.3, 0.4) is 0 Å². The van der Waals surface area contributed by atoms with E-state index in [4.69, 9.17) is 14.6 Å². The number of hydrogen-bond donors (Lipinski definition) is 3. The number of methoxy groups -OCH3 is 2. The summed E-state index contributed by atoms with van der Waals surface area (Å²) in [5.41, 5.74) is 0.946. The Morgan fingerprint density at radius 1 is 0.967 bits per heavy atom. The van der Waals surface area contributed by atoms with Crippen LogP contribution in [-0.4, -0.2) is 38.8 Å².